The number of ether oxygens (including phenoxy) is 1. The third-order valence-corrected chi connectivity index (χ3v) is 3.40. The summed E-state index contributed by atoms with van der Waals surface area (Å²) in [5.74, 6) is 0.435. The molecular formula is C17H27NO3. The monoisotopic (exact) mass is 293 g/mol. The van der Waals surface area contributed by atoms with Gasteiger partial charge in [0, 0.05) is 11.6 Å². The minimum atomic E-state index is -0.630. The van der Waals surface area contributed by atoms with Gasteiger partial charge in [0.2, 0.25) is 0 Å². The lowest BCUT2D eigenvalue weighted by molar-refractivity contribution is -0.128. The van der Waals surface area contributed by atoms with Crippen molar-refractivity contribution in [2.45, 2.75) is 65.7 Å². The zero-order valence-corrected chi connectivity index (χ0v) is 13.6. The van der Waals surface area contributed by atoms with Gasteiger partial charge in [0.15, 0.2) is 6.10 Å². The predicted molar refractivity (Wildman–Crippen MR) is 84.4 cm³/mol. The summed E-state index contributed by atoms with van der Waals surface area (Å²) in [7, 11) is 0. The molecule has 0 aliphatic heterocycles. The molecule has 0 spiro atoms. The van der Waals surface area contributed by atoms with Crippen molar-refractivity contribution in [2.24, 2.45) is 0 Å². The zero-order chi connectivity index (χ0) is 16.0. The molecule has 4 nitrogen and oxygen atoms in total. The molecule has 4 heteroatoms. The number of hydrogen-bond acceptors (Lipinski definition) is 3. The molecule has 1 amide bonds. The first-order valence-electron chi connectivity index (χ1n) is 7.60. The van der Waals surface area contributed by atoms with Crippen molar-refractivity contribution in [3.63, 3.8) is 0 Å². The lowest BCUT2D eigenvalue weighted by Crippen LogP contribution is -2.41. The van der Waals surface area contributed by atoms with Crippen LogP contribution < -0.4 is 10.1 Å². The standard InChI is InChI=1S/C17H27NO3/c1-6-7-12(3)18-17(20)14(5)21-16-10-11(2)8-9-15(16)13(4)19/h8-10,12-14,19H,6-7H2,1-5H3,(H,18,20)/t12?,13-,14?/m1/s1. The highest BCUT2D eigenvalue weighted by molar-refractivity contribution is 5.81. The minimum absolute atomic E-state index is 0.131. The molecular weight excluding hydrogens is 266 g/mol. The third kappa shape index (κ3) is 5.38. The molecule has 0 radical (unpaired) electrons. The third-order valence-electron chi connectivity index (χ3n) is 3.40. The van der Waals surface area contributed by atoms with E-state index < -0.39 is 12.2 Å². The Morgan fingerprint density at radius 1 is 1.33 bits per heavy atom. The zero-order valence-electron chi connectivity index (χ0n) is 13.6. The molecule has 2 unspecified atom stereocenters. The molecule has 1 rings (SSSR count). The summed E-state index contributed by atoms with van der Waals surface area (Å²) in [6.45, 7) is 9.44. The van der Waals surface area contributed by atoms with Gasteiger partial charge in [-0.15, -0.1) is 0 Å². The summed E-state index contributed by atoms with van der Waals surface area (Å²) in [6, 6.07) is 5.74. The molecule has 0 saturated carbocycles. The number of aliphatic hydroxyl groups excluding tert-OH is 1. The largest absolute Gasteiger partial charge is 0.481 e. The molecule has 0 aliphatic rings. The maximum Gasteiger partial charge on any atom is 0.260 e. The SMILES string of the molecule is CCCC(C)NC(=O)C(C)Oc1cc(C)ccc1[C@@H](C)O. The predicted octanol–water partition coefficient (Wildman–Crippen LogP) is 3.12. The Labute approximate surface area is 127 Å². The summed E-state index contributed by atoms with van der Waals surface area (Å²) in [6.07, 6.45) is 0.751. The van der Waals surface area contributed by atoms with Crippen molar-refractivity contribution in [3.05, 3.63) is 29.3 Å². The van der Waals surface area contributed by atoms with Gasteiger partial charge in [-0.3, -0.25) is 4.79 Å². The molecule has 0 aliphatic carbocycles. The fourth-order valence-corrected chi connectivity index (χ4v) is 2.20. The second-order valence-electron chi connectivity index (χ2n) is 5.68. The maximum atomic E-state index is 12.1. The second kappa shape index (κ2) is 8.03. The highest BCUT2D eigenvalue weighted by atomic mass is 16.5. The number of carbonyl (C=O) groups excluding carboxylic acids is 1. The molecule has 0 saturated heterocycles. The number of rotatable bonds is 7. The molecule has 0 bridgehead atoms. The lowest BCUT2D eigenvalue weighted by Gasteiger charge is -2.21. The van der Waals surface area contributed by atoms with Crippen molar-refractivity contribution in [1.29, 1.82) is 0 Å². The topological polar surface area (TPSA) is 58.6 Å². The average Bonchev–Trinajstić information content (AvgIpc) is 2.38. The second-order valence-corrected chi connectivity index (χ2v) is 5.68. The Hall–Kier alpha value is -1.55. The van der Waals surface area contributed by atoms with Crippen LogP contribution in [0, 0.1) is 6.92 Å². The molecule has 118 valence electrons. The van der Waals surface area contributed by atoms with Gasteiger partial charge in [0.05, 0.1) is 6.10 Å². The quantitative estimate of drug-likeness (QED) is 0.812. The number of aryl methyl sites for hydroxylation is 1. The average molecular weight is 293 g/mol. The summed E-state index contributed by atoms with van der Waals surface area (Å²) in [4.78, 5) is 12.1. The van der Waals surface area contributed by atoms with Gasteiger partial charge in [-0.1, -0.05) is 25.5 Å². The first-order valence-corrected chi connectivity index (χ1v) is 7.60. The van der Waals surface area contributed by atoms with E-state index in [0.29, 0.717) is 11.3 Å². The fraction of sp³-hybridized carbons (Fsp3) is 0.588. The highest BCUT2D eigenvalue weighted by Crippen LogP contribution is 2.27. The number of benzene rings is 1. The van der Waals surface area contributed by atoms with E-state index in [-0.39, 0.29) is 11.9 Å². The van der Waals surface area contributed by atoms with E-state index in [1.807, 2.05) is 32.0 Å². The Balaban J connectivity index is 2.76. The van der Waals surface area contributed by atoms with Gasteiger partial charge in [-0.05, 0) is 45.7 Å². The van der Waals surface area contributed by atoms with Crippen LogP contribution in [-0.2, 0) is 4.79 Å². The van der Waals surface area contributed by atoms with Crippen LogP contribution in [0.1, 0.15) is 57.8 Å². The van der Waals surface area contributed by atoms with Gasteiger partial charge in [0.25, 0.3) is 5.91 Å². The Morgan fingerprint density at radius 2 is 2.00 bits per heavy atom. The van der Waals surface area contributed by atoms with E-state index in [0.717, 1.165) is 18.4 Å². The molecule has 1 aromatic carbocycles. The summed E-state index contributed by atoms with van der Waals surface area (Å²) in [5.41, 5.74) is 1.73. The van der Waals surface area contributed by atoms with Gasteiger partial charge < -0.3 is 15.2 Å². The molecule has 1 aromatic rings. The Bertz CT molecular complexity index is 471. The number of nitrogens with one attached hydrogen (secondary N) is 1. The van der Waals surface area contributed by atoms with Crippen molar-refractivity contribution in [1.82, 2.24) is 5.32 Å². The molecule has 0 heterocycles. The van der Waals surface area contributed by atoms with Gasteiger partial charge in [0.1, 0.15) is 5.75 Å². The van der Waals surface area contributed by atoms with Crippen LogP contribution >= 0.6 is 0 Å². The molecule has 0 fully saturated rings. The Morgan fingerprint density at radius 3 is 2.57 bits per heavy atom. The van der Waals surface area contributed by atoms with E-state index in [9.17, 15) is 9.90 Å². The molecule has 0 aromatic heterocycles. The van der Waals surface area contributed by atoms with Crippen LogP contribution in [0.2, 0.25) is 0 Å². The van der Waals surface area contributed by atoms with Crippen LogP contribution in [0.3, 0.4) is 0 Å². The van der Waals surface area contributed by atoms with Crippen molar-refractivity contribution in [2.75, 3.05) is 0 Å². The summed E-state index contributed by atoms with van der Waals surface area (Å²) < 4.78 is 5.76. The molecule has 21 heavy (non-hydrogen) atoms. The number of amides is 1. The number of carbonyl (C=O) groups is 1. The highest BCUT2D eigenvalue weighted by Gasteiger charge is 2.19. The van der Waals surface area contributed by atoms with E-state index in [4.69, 9.17) is 4.74 Å². The van der Waals surface area contributed by atoms with Crippen molar-refractivity contribution in [3.8, 4) is 5.75 Å². The van der Waals surface area contributed by atoms with Crippen LogP contribution in [0.15, 0.2) is 18.2 Å². The fourth-order valence-electron chi connectivity index (χ4n) is 2.20. The van der Waals surface area contributed by atoms with Crippen LogP contribution in [0.4, 0.5) is 0 Å². The minimum Gasteiger partial charge on any atom is -0.481 e. The van der Waals surface area contributed by atoms with Gasteiger partial charge >= 0.3 is 0 Å². The smallest absolute Gasteiger partial charge is 0.260 e. The van der Waals surface area contributed by atoms with Crippen molar-refractivity contribution >= 4 is 5.91 Å². The first-order chi connectivity index (χ1) is 9.85. The molecule has 2 N–H and O–H groups in total. The van der Waals surface area contributed by atoms with Gasteiger partial charge in [-0.2, -0.15) is 0 Å². The summed E-state index contributed by atoms with van der Waals surface area (Å²) in [5, 5.41) is 12.7. The first kappa shape index (κ1) is 17.5. The normalized spacial score (nSPS) is 15.1. The molecule has 3 atom stereocenters. The number of hydrogen-bond donors (Lipinski definition) is 2. The lowest BCUT2D eigenvalue weighted by atomic mass is 10.1. The van der Waals surface area contributed by atoms with E-state index in [1.54, 1.807) is 13.8 Å². The maximum absolute atomic E-state index is 12.1. The summed E-state index contributed by atoms with van der Waals surface area (Å²) >= 11 is 0. The van der Waals surface area contributed by atoms with Gasteiger partial charge in [-0.25, -0.2) is 0 Å². The Kier molecular flexibility index (Phi) is 6.69. The van der Waals surface area contributed by atoms with Crippen LogP contribution in [0.5, 0.6) is 5.75 Å². The number of aliphatic hydroxyl groups is 1. The van der Waals surface area contributed by atoms with Crippen LogP contribution in [0.25, 0.3) is 0 Å². The van der Waals surface area contributed by atoms with E-state index >= 15 is 0 Å². The van der Waals surface area contributed by atoms with Crippen molar-refractivity contribution < 1.29 is 14.6 Å². The van der Waals surface area contributed by atoms with E-state index in [1.165, 1.54) is 0 Å². The van der Waals surface area contributed by atoms with Crippen LogP contribution in [-0.4, -0.2) is 23.2 Å². The van der Waals surface area contributed by atoms with E-state index in [2.05, 4.69) is 12.2 Å².